The average molecular weight is 368 g/mol. The number of hydrogen-bond acceptors (Lipinski definition) is 3. The molecule has 0 aliphatic heterocycles. The van der Waals surface area contributed by atoms with Crippen LogP contribution in [0.25, 0.3) is 11.0 Å². The number of carbonyl (C=O) groups excluding carboxylic acids is 1. The fourth-order valence-corrected chi connectivity index (χ4v) is 3.44. The second-order valence-electron chi connectivity index (χ2n) is 7.21. The monoisotopic (exact) mass is 368 g/mol. The summed E-state index contributed by atoms with van der Waals surface area (Å²) in [4.78, 5) is 17.9. The van der Waals surface area contributed by atoms with E-state index in [4.69, 9.17) is 4.98 Å². The maximum Gasteiger partial charge on any atom is 0.256 e. The molecule has 2 heterocycles. The van der Waals surface area contributed by atoms with Gasteiger partial charge in [-0.25, -0.2) is 9.67 Å². The molecular weight excluding hydrogens is 348 g/mol. The number of benzene rings is 2. The molecule has 1 fully saturated rings. The zero-order valence-electron chi connectivity index (χ0n) is 15.4. The Labute approximate surface area is 163 Å². The molecule has 0 atom stereocenters. The van der Waals surface area contributed by atoms with Crippen LogP contribution in [0.3, 0.4) is 0 Å². The summed E-state index contributed by atoms with van der Waals surface area (Å²) in [6.45, 7) is 0.630. The largest absolute Gasteiger partial charge is 0.322 e. The summed E-state index contributed by atoms with van der Waals surface area (Å²) in [5, 5.41) is 8.31. The predicted molar refractivity (Wildman–Crippen MR) is 109 cm³/mol. The topological polar surface area (TPSA) is 59.8 Å². The maximum atomic E-state index is 13.0. The molecule has 1 N–H and O–H groups in total. The molecule has 5 nitrogen and oxygen atoms in total. The summed E-state index contributed by atoms with van der Waals surface area (Å²) in [5.74, 6) is 0.326. The molecule has 0 spiro atoms. The summed E-state index contributed by atoms with van der Waals surface area (Å²) in [6, 6.07) is 21.6. The first-order valence-corrected chi connectivity index (χ1v) is 9.55. The van der Waals surface area contributed by atoms with Crippen LogP contribution in [-0.2, 0) is 6.54 Å². The normalized spacial score (nSPS) is 13.6. The van der Waals surface area contributed by atoms with Gasteiger partial charge < -0.3 is 5.32 Å². The Hall–Kier alpha value is -3.47. The molecule has 138 valence electrons. The fourth-order valence-electron chi connectivity index (χ4n) is 3.44. The van der Waals surface area contributed by atoms with Crippen molar-refractivity contribution in [2.24, 2.45) is 0 Å². The van der Waals surface area contributed by atoms with Crippen LogP contribution in [0, 0.1) is 0 Å². The maximum absolute atomic E-state index is 13.0. The van der Waals surface area contributed by atoms with Crippen LogP contribution in [0.1, 0.15) is 40.4 Å². The minimum atomic E-state index is -0.125. The molecule has 1 aliphatic carbocycles. The van der Waals surface area contributed by atoms with Crippen molar-refractivity contribution in [3.05, 3.63) is 89.7 Å². The standard InChI is InChI=1S/C23H20N4O/c28-23(25-18-9-5-2-6-10-18)19-13-21(17-11-12-17)26-22-20(19)14-24-27(22)15-16-7-3-1-4-8-16/h1-10,13-14,17H,11-12,15H2,(H,25,28). The summed E-state index contributed by atoms with van der Waals surface area (Å²) in [6.07, 6.45) is 4.01. The van der Waals surface area contributed by atoms with Crippen molar-refractivity contribution in [3.63, 3.8) is 0 Å². The Morgan fingerprint density at radius 1 is 1.04 bits per heavy atom. The van der Waals surface area contributed by atoms with Gasteiger partial charge in [0.25, 0.3) is 5.91 Å². The lowest BCUT2D eigenvalue weighted by molar-refractivity contribution is 0.102. The van der Waals surface area contributed by atoms with Crippen LogP contribution in [0.4, 0.5) is 5.69 Å². The molecule has 5 heteroatoms. The van der Waals surface area contributed by atoms with E-state index in [2.05, 4.69) is 22.5 Å². The van der Waals surface area contributed by atoms with E-state index in [0.29, 0.717) is 18.0 Å². The smallest absolute Gasteiger partial charge is 0.256 e. The molecule has 0 saturated heterocycles. The molecule has 2 aromatic heterocycles. The van der Waals surface area contributed by atoms with E-state index in [1.165, 1.54) is 0 Å². The third-order valence-electron chi connectivity index (χ3n) is 5.08. The van der Waals surface area contributed by atoms with E-state index >= 15 is 0 Å². The molecule has 1 amide bonds. The molecule has 2 aromatic carbocycles. The number of nitrogens with one attached hydrogen (secondary N) is 1. The minimum Gasteiger partial charge on any atom is -0.322 e. The lowest BCUT2D eigenvalue weighted by Crippen LogP contribution is -2.13. The van der Waals surface area contributed by atoms with Crippen molar-refractivity contribution in [1.29, 1.82) is 0 Å². The molecular formula is C23H20N4O. The highest BCUT2D eigenvalue weighted by atomic mass is 16.1. The molecule has 0 radical (unpaired) electrons. The number of fused-ring (bicyclic) bond motifs is 1. The van der Waals surface area contributed by atoms with Gasteiger partial charge in [-0.2, -0.15) is 5.10 Å². The van der Waals surface area contributed by atoms with Gasteiger partial charge >= 0.3 is 0 Å². The van der Waals surface area contributed by atoms with Crippen LogP contribution in [0.15, 0.2) is 72.9 Å². The van der Waals surface area contributed by atoms with Gasteiger partial charge in [0.05, 0.1) is 23.7 Å². The Morgan fingerprint density at radius 2 is 1.75 bits per heavy atom. The summed E-state index contributed by atoms with van der Waals surface area (Å²) < 4.78 is 1.88. The van der Waals surface area contributed by atoms with Crippen LogP contribution in [-0.4, -0.2) is 20.7 Å². The molecule has 28 heavy (non-hydrogen) atoms. The molecule has 0 bridgehead atoms. The lowest BCUT2D eigenvalue weighted by atomic mass is 10.1. The number of amides is 1. The molecule has 1 aliphatic rings. The van der Waals surface area contributed by atoms with E-state index < -0.39 is 0 Å². The molecule has 4 aromatic rings. The summed E-state index contributed by atoms with van der Waals surface area (Å²) in [7, 11) is 0. The van der Waals surface area contributed by atoms with E-state index in [-0.39, 0.29) is 5.91 Å². The quantitative estimate of drug-likeness (QED) is 0.560. The second-order valence-corrected chi connectivity index (χ2v) is 7.21. The number of hydrogen-bond donors (Lipinski definition) is 1. The first-order valence-electron chi connectivity index (χ1n) is 9.55. The van der Waals surface area contributed by atoms with Gasteiger partial charge in [0, 0.05) is 17.3 Å². The van der Waals surface area contributed by atoms with E-state index in [1.807, 2.05) is 59.3 Å². The average Bonchev–Trinajstić information content (AvgIpc) is 3.51. The number of para-hydroxylation sites is 1. The first-order chi connectivity index (χ1) is 13.8. The molecule has 5 rings (SSSR count). The van der Waals surface area contributed by atoms with Gasteiger partial charge in [-0.05, 0) is 36.6 Å². The van der Waals surface area contributed by atoms with Crippen LogP contribution in [0.2, 0.25) is 0 Å². The van der Waals surface area contributed by atoms with Crippen molar-refractivity contribution < 1.29 is 4.79 Å². The molecule has 0 unspecified atom stereocenters. The van der Waals surface area contributed by atoms with Gasteiger partial charge in [0.15, 0.2) is 5.65 Å². The number of nitrogens with zero attached hydrogens (tertiary/aromatic N) is 3. The Balaban J connectivity index is 1.55. The fraction of sp³-hybridized carbons (Fsp3) is 0.174. The number of rotatable bonds is 5. The Morgan fingerprint density at radius 3 is 2.46 bits per heavy atom. The zero-order chi connectivity index (χ0) is 18.9. The number of pyridine rings is 1. The zero-order valence-corrected chi connectivity index (χ0v) is 15.4. The third-order valence-corrected chi connectivity index (χ3v) is 5.08. The van der Waals surface area contributed by atoms with Crippen LogP contribution < -0.4 is 5.32 Å². The minimum absolute atomic E-state index is 0.125. The summed E-state index contributed by atoms with van der Waals surface area (Å²) in [5.41, 5.74) is 4.32. The van der Waals surface area contributed by atoms with Gasteiger partial charge in [-0.1, -0.05) is 48.5 Å². The number of aromatic nitrogens is 3. The predicted octanol–water partition coefficient (Wildman–Crippen LogP) is 4.61. The van der Waals surface area contributed by atoms with Gasteiger partial charge in [0.1, 0.15) is 0 Å². The second kappa shape index (κ2) is 6.93. The van der Waals surface area contributed by atoms with Gasteiger partial charge in [-0.3, -0.25) is 4.79 Å². The van der Waals surface area contributed by atoms with Crippen molar-refractivity contribution in [3.8, 4) is 0 Å². The Kier molecular flexibility index (Phi) is 4.13. The van der Waals surface area contributed by atoms with E-state index in [0.717, 1.165) is 40.8 Å². The third kappa shape index (κ3) is 3.27. The van der Waals surface area contributed by atoms with Crippen LogP contribution >= 0.6 is 0 Å². The van der Waals surface area contributed by atoms with Crippen molar-refractivity contribution in [2.75, 3.05) is 5.32 Å². The van der Waals surface area contributed by atoms with Gasteiger partial charge in [-0.15, -0.1) is 0 Å². The number of carbonyl (C=O) groups is 1. The molecule has 1 saturated carbocycles. The van der Waals surface area contributed by atoms with Crippen molar-refractivity contribution in [1.82, 2.24) is 14.8 Å². The SMILES string of the molecule is O=C(Nc1ccccc1)c1cc(C2CC2)nc2c1cnn2Cc1ccccc1. The first kappa shape index (κ1) is 16.7. The van der Waals surface area contributed by atoms with Crippen molar-refractivity contribution >= 4 is 22.6 Å². The van der Waals surface area contributed by atoms with E-state index in [9.17, 15) is 4.79 Å². The highest BCUT2D eigenvalue weighted by Gasteiger charge is 2.28. The van der Waals surface area contributed by atoms with E-state index in [1.54, 1.807) is 6.20 Å². The lowest BCUT2D eigenvalue weighted by Gasteiger charge is -2.09. The highest BCUT2D eigenvalue weighted by Crippen LogP contribution is 2.40. The Bertz CT molecular complexity index is 1130. The highest BCUT2D eigenvalue weighted by molar-refractivity contribution is 6.12. The number of anilines is 1. The van der Waals surface area contributed by atoms with Crippen LogP contribution in [0.5, 0.6) is 0 Å². The van der Waals surface area contributed by atoms with Gasteiger partial charge in [0.2, 0.25) is 0 Å². The summed E-state index contributed by atoms with van der Waals surface area (Å²) >= 11 is 0. The van der Waals surface area contributed by atoms with Crippen molar-refractivity contribution in [2.45, 2.75) is 25.3 Å².